The van der Waals surface area contributed by atoms with Crippen LogP contribution in [0.2, 0.25) is 0 Å². The SMILES string of the molecule is N#Cc1c(SCC(=O)Nc2cccc(F)c2)nc2c(c1-c1ccccc1)CCC2. The van der Waals surface area contributed by atoms with Crippen LogP contribution < -0.4 is 5.32 Å². The van der Waals surface area contributed by atoms with Crippen molar-refractivity contribution in [3.8, 4) is 17.2 Å². The van der Waals surface area contributed by atoms with Crippen molar-refractivity contribution < 1.29 is 9.18 Å². The fraction of sp³-hybridized carbons (Fsp3) is 0.174. The second kappa shape index (κ2) is 8.46. The highest BCUT2D eigenvalue weighted by Crippen LogP contribution is 2.38. The maximum absolute atomic E-state index is 13.3. The molecular formula is C23H18FN3OS. The van der Waals surface area contributed by atoms with Gasteiger partial charge in [0.05, 0.1) is 11.3 Å². The lowest BCUT2D eigenvalue weighted by Crippen LogP contribution is -2.14. The number of nitrogens with zero attached hydrogens (tertiary/aromatic N) is 2. The molecule has 2 aromatic carbocycles. The van der Waals surface area contributed by atoms with Gasteiger partial charge in [-0.2, -0.15) is 5.26 Å². The topological polar surface area (TPSA) is 65.8 Å². The number of nitrogens with one attached hydrogen (secondary N) is 1. The van der Waals surface area contributed by atoms with E-state index in [-0.39, 0.29) is 11.7 Å². The first-order chi connectivity index (χ1) is 14.2. The fourth-order valence-electron chi connectivity index (χ4n) is 3.59. The third-order valence-electron chi connectivity index (χ3n) is 4.81. The number of carbonyl (C=O) groups is 1. The van der Waals surface area contributed by atoms with Crippen molar-refractivity contribution in [2.24, 2.45) is 0 Å². The van der Waals surface area contributed by atoms with E-state index >= 15 is 0 Å². The number of thioether (sulfide) groups is 1. The van der Waals surface area contributed by atoms with Gasteiger partial charge in [0.15, 0.2) is 0 Å². The van der Waals surface area contributed by atoms with E-state index in [1.165, 1.54) is 23.9 Å². The third kappa shape index (κ3) is 4.15. The molecule has 0 unspecified atom stereocenters. The Kier molecular flexibility index (Phi) is 5.59. The van der Waals surface area contributed by atoms with Crippen LogP contribution in [0.4, 0.5) is 10.1 Å². The highest BCUT2D eigenvalue weighted by molar-refractivity contribution is 8.00. The van der Waals surface area contributed by atoms with Crippen molar-refractivity contribution in [2.45, 2.75) is 24.3 Å². The molecule has 3 aromatic rings. The number of carbonyl (C=O) groups excluding carboxylic acids is 1. The highest BCUT2D eigenvalue weighted by atomic mass is 32.2. The van der Waals surface area contributed by atoms with E-state index in [0.717, 1.165) is 41.6 Å². The van der Waals surface area contributed by atoms with Crippen molar-refractivity contribution in [3.05, 3.63) is 77.2 Å². The highest BCUT2D eigenvalue weighted by Gasteiger charge is 2.24. The molecule has 4 nitrogen and oxygen atoms in total. The van der Waals surface area contributed by atoms with E-state index in [0.29, 0.717) is 16.3 Å². The molecule has 1 heterocycles. The molecule has 144 valence electrons. The van der Waals surface area contributed by atoms with E-state index in [9.17, 15) is 14.4 Å². The van der Waals surface area contributed by atoms with Crippen LogP contribution in [0.5, 0.6) is 0 Å². The number of amides is 1. The van der Waals surface area contributed by atoms with Crippen molar-refractivity contribution in [3.63, 3.8) is 0 Å². The Morgan fingerprint density at radius 1 is 1.17 bits per heavy atom. The zero-order valence-corrected chi connectivity index (χ0v) is 16.4. The lowest BCUT2D eigenvalue weighted by Gasteiger charge is -2.14. The molecule has 1 amide bonds. The standard InChI is InChI=1S/C23H18FN3OS/c24-16-8-4-9-17(12-16)26-21(28)14-29-23-19(13-25)22(15-6-2-1-3-7-15)18-10-5-11-20(18)27-23/h1-4,6-9,12H,5,10-11,14H2,(H,26,28). The lowest BCUT2D eigenvalue weighted by atomic mass is 9.95. The molecule has 0 bridgehead atoms. The minimum atomic E-state index is -0.407. The number of pyridine rings is 1. The molecule has 1 aromatic heterocycles. The van der Waals surface area contributed by atoms with Gasteiger partial charge in [-0.05, 0) is 48.6 Å². The number of nitriles is 1. The van der Waals surface area contributed by atoms with Crippen molar-refractivity contribution in [1.82, 2.24) is 4.98 Å². The Bertz CT molecular complexity index is 1110. The minimum absolute atomic E-state index is 0.0885. The second-order valence-corrected chi connectivity index (χ2v) is 7.73. The first-order valence-corrected chi connectivity index (χ1v) is 10.3. The van der Waals surface area contributed by atoms with Crippen LogP contribution in [-0.2, 0) is 17.6 Å². The summed E-state index contributed by atoms with van der Waals surface area (Å²) in [5, 5.41) is 13.1. The average Bonchev–Trinajstić information content (AvgIpc) is 3.20. The average molecular weight is 403 g/mol. The maximum Gasteiger partial charge on any atom is 0.234 e. The van der Waals surface area contributed by atoms with Gasteiger partial charge >= 0.3 is 0 Å². The molecule has 1 N–H and O–H groups in total. The Morgan fingerprint density at radius 2 is 2.00 bits per heavy atom. The van der Waals surface area contributed by atoms with Gasteiger partial charge in [-0.1, -0.05) is 48.2 Å². The number of fused-ring (bicyclic) bond motifs is 1. The predicted octanol–water partition coefficient (Wildman–Crippen LogP) is 4.98. The van der Waals surface area contributed by atoms with E-state index in [4.69, 9.17) is 4.98 Å². The fourth-order valence-corrected chi connectivity index (χ4v) is 4.39. The molecule has 1 aliphatic carbocycles. The van der Waals surface area contributed by atoms with E-state index in [1.54, 1.807) is 12.1 Å². The molecule has 29 heavy (non-hydrogen) atoms. The summed E-state index contributed by atoms with van der Waals surface area (Å²) in [6.07, 6.45) is 2.80. The van der Waals surface area contributed by atoms with Crippen LogP contribution in [0.25, 0.3) is 11.1 Å². The van der Waals surface area contributed by atoms with Gasteiger partial charge in [-0.15, -0.1) is 0 Å². The molecule has 0 saturated carbocycles. The first kappa shape index (κ1) is 19.2. The van der Waals surface area contributed by atoms with Gasteiger partial charge in [0.1, 0.15) is 16.9 Å². The zero-order chi connectivity index (χ0) is 20.2. The van der Waals surface area contributed by atoms with Crippen LogP contribution in [0.3, 0.4) is 0 Å². The van der Waals surface area contributed by atoms with Crippen LogP contribution in [0, 0.1) is 17.1 Å². The van der Waals surface area contributed by atoms with Crippen molar-refractivity contribution in [2.75, 3.05) is 11.1 Å². The lowest BCUT2D eigenvalue weighted by molar-refractivity contribution is -0.113. The number of halogens is 1. The molecule has 0 saturated heterocycles. The van der Waals surface area contributed by atoms with Crippen LogP contribution in [0.1, 0.15) is 23.2 Å². The Hall–Kier alpha value is -3.17. The summed E-state index contributed by atoms with van der Waals surface area (Å²) < 4.78 is 13.3. The van der Waals surface area contributed by atoms with Gasteiger partial charge in [0.25, 0.3) is 0 Å². The monoisotopic (exact) mass is 403 g/mol. The Labute approximate surface area is 172 Å². The molecule has 0 spiro atoms. The smallest absolute Gasteiger partial charge is 0.234 e. The number of hydrogen-bond donors (Lipinski definition) is 1. The van der Waals surface area contributed by atoms with Gasteiger partial charge in [0.2, 0.25) is 5.91 Å². The maximum atomic E-state index is 13.3. The normalized spacial score (nSPS) is 12.3. The van der Waals surface area contributed by atoms with Gasteiger partial charge in [-0.3, -0.25) is 4.79 Å². The second-order valence-electron chi connectivity index (χ2n) is 6.77. The molecule has 1 aliphatic rings. The van der Waals surface area contributed by atoms with Crippen LogP contribution in [0.15, 0.2) is 59.6 Å². The number of aromatic nitrogens is 1. The summed E-state index contributed by atoms with van der Waals surface area (Å²) in [4.78, 5) is 17.0. The Balaban J connectivity index is 1.61. The summed E-state index contributed by atoms with van der Waals surface area (Å²) in [6, 6.07) is 17.9. The van der Waals surface area contributed by atoms with E-state index in [2.05, 4.69) is 11.4 Å². The van der Waals surface area contributed by atoms with Gasteiger partial charge < -0.3 is 5.32 Å². The molecule has 0 atom stereocenters. The van der Waals surface area contributed by atoms with Crippen molar-refractivity contribution in [1.29, 1.82) is 5.26 Å². The molecule has 0 radical (unpaired) electrons. The number of hydrogen-bond acceptors (Lipinski definition) is 4. The minimum Gasteiger partial charge on any atom is -0.325 e. The quantitative estimate of drug-likeness (QED) is 0.610. The van der Waals surface area contributed by atoms with E-state index in [1.807, 2.05) is 30.3 Å². The summed E-state index contributed by atoms with van der Waals surface area (Å²) in [5.74, 6) is -0.589. The first-order valence-electron chi connectivity index (χ1n) is 9.35. The number of rotatable bonds is 5. The summed E-state index contributed by atoms with van der Waals surface area (Å²) in [7, 11) is 0. The number of benzene rings is 2. The van der Waals surface area contributed by atoms with Gasteiger partial charge in [0, 0.05) is 16.9 Å². The third-order valence-corrected chi connectivity index (χ3v) is 5.79. The van der Waals surface area contributed by atoms with Crippen LogP contribution >= 0.6 is 11.8 Å². The largest absolute Gasteiger partial charge is 0.325 e. The predicted molar refractivity (Wildman–Crippen MR) is 112 cm³/mol. The van der Waals surface area contributed by atoms with Gasteiger partial charge in [-0.25, -0.2) is 9.37 Å². The van der Waals surface area contributed by atoms with E-state index < -0.39 is 5.82 Å². The number of anilines is 1. The summed E-state index contributed by atoms with van der Waals surface area (Å²) in [6.45, 7) is 0. The van der Waals surface area contributed by atoms with Crippen LogP contribution in [-0.4, -0.2) is 16.6 Å². The van der Waals surface area contributed by atoms with Crippen molar-refractivity contribution >= 4 is 23.4 Å². The molecular weight excluding hydrogens is 385 g/mol. The molecule has 4 rings (SSSR count). The summed E-state index contributed by atoms with van der Waals surface area (Å²) in [5.41, 5.74) is 5.00. The molecule has 0 fully saturated rings. The molecule has 0 aliphatic heterocycles. The molecule has 6 heteroatoms. The summed E-state index contributed by atoms with van der Waals surface area (Å²) >= 11 is 1.24. The number of aryl methyl sites for hydroxylation is 1. The zero-order valence-electron chi connectivity index (χ0n) is 15.6. The Morgan fingerprint density at radius 3 is 2.76 bits per heavy atom.